The van der Waals surface area contributed by atoms with Crippen molar-refractivity contribution in [2.75, 3.05) is 62.2 Å². The summed E-state index contributed by atoms with van der Waals surface area (Å²) in [5.41, 5.74) is 3.17. The molecule has 0 bridgehead atoms. The van der Waals surface area contributed by atoms with E-state index < -0.39 is 16.1 Å². The average Bonchev–Trinajstić information content (AvgIpc) is 3.87. The molecule has 2 aliphatic rings. The van der Waals surface area contributed by atoms with Gasteiger partial charge in [-0.2, -0.15) is 0 Å². The molecule has 7 heterocycles. The molecule has 14 nitrogen and oxygen atoms in total. The van der Waals surface area contributed by atoms with Crippen molar-refractivity contribution in [1.82, 2.24) is 35.2 Å². The molecular weight excluding hydrogens is 820 g/mol. The third-order valence-corrected chi connectivity index (χ3v) is 11.4. The van der Waals surface area contributed by atoms with Crippen LogP contribution >= 0.6 is 71.0 Å². The van der Waals surface area contributed by atoms with Crippen LogP contribution in [0.25, 0.3) is 22.6 Å². The number of aryl methyl sites for hydroxylation is 2. The average molecular weight is 854 g/mol. The van der Waals surface area contributed by atoms with Crippen LogP contribution in [0.2, 0.25) is 14.4 Å². The number of halogens is 5. The largest absolute Gasteiger partial charge is 0.356 e. The number of thiophene rings is 1. The number of sulfonamides is 1. The highest BCUT2D eigenvalue weighted by molar-refractivity contribution is 7.92. The molecule has 52 heavy (non-hydrogen) atoms. The number of carbonyl (C=O) groups excluding carboxylic acids is 1. The van der Waals surface area contributed by atoms with E-state index in [1.54, 1.807) is 24.5 Å². The fourth-order valence-electron chi connectivity index (χ4n) is 5.27. The standard InChI is InChI=1S/C18H17Cl2N5O4S2.C13H15ClN4O.2ClH/c1-11-8-14(29-22-11)12-9-13(19)17(21-10-12)24-4-6-25(7-5-24)18(26)23-31(27,28)16-3-2-15(20)30-16;1-9-6-12(19-17-9)10-7-11(14)13(16-8-10)18-4-2-15-3-5-18;;/h2-3,8-10H,4-7H2,1H3,(H,23,26);6-8,15H,2-5H2,1H3;2*1H. The molecule has 0 unspecified atom stereocenters. The van der Waals surface area contributed by atoms with Crippen molar-refractivity contribution in [3.05, 3.63) is 74.6 Å². The van der Waals surface area contributed by atoms with E-state index >= 15 is 0 Å². The van der Waals surface area contributed by atoms with Gasteiger partial charge in [-0.15, -0.1) is 36.2 Å². The van der Waals surface area contributed by atoms with Crippen LogP contribution in [-0.2, 0) is 10.0 Å². The number of carbonyl (C=O) groups is 1. The van der Waals surface area contributed by atoms with Crippen molar-refractivity contribution >= 4 is 98.6 Å². The highest BCUT2D eigenvalue weighted by atomic mass is 35.5. The van der Waals surface area contributed by atoms with Crippen LogP contribution < -0.4 is 19.8 Å². The van der Waals surface area contributed by atoms with E-state index in [4.69, 9.17) is 43.8 Å². The van der Waals surface area contributed by atoms with Crippen molar-refractivity contribution in [1.29, 1.82) is 0 Å². The summed E-state index contributed by atoms with van der Waals surface area (Å²) in [6.07, 6.45) is 3.43. The monoisotopic (exact) mass is 851 g/mol. The number of rotatable bonds is 6. The Morgan fingerprint density at radius 1 is 0.788 bits per heavy atom. The van der Waals surface area contributed by atoms with Crippen LogP contribution in [0, 0.1) is 13.8 Å². The van der Waals surface area contributed by atoms with Gasteiger partial charge in [-0.1, -0.05) is 45.1 Å². The van der Waals surface area contributed by atoms with E-state index in [0.717, 1.165) is 60.3 Å². The predicted molar refractivity (Wildman–Crippen MR) is 207 cm³/mol. The number of anilines is 2. The molecule has 7 rings (SSSR count). The van der Waals surface area contributed by atoms with Gasteiger partial charge in [0, 0.05) is 88.0 Å². The first-order chi connectivity index (χ1) is 24.0. The Balaban J connectivity index is 0.000000248. The fraction of sp³-hybridized carbons (Fsp3) is 0.323. The van der Waals surface area contributed by atoms with Crippen LogP contribution in [0.15, 0.2) is 62.0 Å². The van der Waals surface area contributed by atoms with Crippen molar-refractivity contribution in [2.45, 2.75) is 18.1 Å². The Labute approximate surface area is 331 Å². The molecule has 280 valence electrons. The summed E-state index contributed by atoms with van der Waals surface area (Å²) in [6.45, 7) is 9.01. The predicted octanol–water partition coefficient (Wildman–Crippen LogP) is 6.59. The number of pyridine rings is 2. The maximum absolute atomic E-state index is 12.4. The number of hydrogen-bond donors (Lipinski definition) is 2. The summed E-state index contributed by atoms with van der Waals surface area (Å²) in [7, 11) is -3.96. The number of amides is 2. The Morgan fingerprint density at radius 3 is 1.71 bits per heavy atom. The molecule has 5 aromatic heterocycles. The number of hydrogen-bond acceptors (Lipinski definition) is 13. The molecule has 0 aromatic carbocycles. The third kappa shape index (κ3) is 9.99. The van der Waals surface area contributed by atoms with Gasteiger partial charge in [0.15, 0.2) is 11.5 Å². The lowest BCUT2D eigenvalue weighted by molar-refractivity contribution is 0.200. The molecular formula is C31H34Cl5N9O5S2. The van der Waals surface area contributed by atoms with Gasteiger partial charge in [-0.25, -0.2) is 27.9 Å². The summed E-state index contributed by atoms with van der Waals surface area (Å²) in [4.78, 5) is 26.9. The molecule has 0 aliphatic carbocycles. The maximum Gasteiger partial charge on any atom is 0.331 e. The number of nitrogens with one attached hydrogen (secondary N) is 2. The van der Waals surface area contributed by atoms with Crippen molar-refractivity contribution < 1.29 is 22.3 Å². The molecule has 2 N–H and O–H groups in total. The van der Waals surface area contributed by atoms with Crippen molar-refractivity contribution in [3.8, 4) is 22.6 Å². The van der Waals surface area contributed by atoms with Gasteiger partial charge in [0.1, 0.15) is 15.8 Å². The number of piperazine rings is 2. The Morgan fingerprint density at radius 2 is 1.29 bits per heavy atom. The number of nitrogens with zero attached hydrogens (tertiary/aromatic N) is 7. The smallest absolute Gasteiger partial charge is 0.331 e. The zero-order valence-electron chi connectivity index (χ0n) is 27.7. The lowest BCUT2D eigenvalue weighted by Gasteiger charge is -2.35. The maximum atomic E-state index is 12.4. The first-order valence-electron chi connectivity index (χ1n) is 15.4. The topological polar surface area (TPSA) is 163 Å². The second-order valence-corrected chi connectivity index (χ2v) is 15.8. The van der Waals surface area contributed by atoms with Gasteiger partial charge in [-0.3, -0.25) is 0 Å². The first-order valence-corrected chi connectivity index (χ1v) is 18.9. The van der Waals surface area contributed by atoms with E-state index in [9.17, 15) is 13.2 Å². The van der Waals surface area contributed by atoms with Gasteiger partial charge < -0.3 is 29.1 Å². The minimum absolute atomic E-state index is 0. The quantitative estimate of drug-likeness (QED) is 0.189. The molecule has 2 amide bonds. The molecule has 2 fully saturated rings. The van der Waals surface area contributed by atoms with Crippen LogP contribution in [0.4, 0.5) is 16.4 Å². The van der Waals surface area contributed by atoms with Gasteiger partial charge >= 0.3 is 6.03 Å². The molecule has 2 saturated heterocycles. The van der Waals surface area contributed by atoms with Crippen LogP contribution in [-0.4, -0.2) is 92.0 Å². The number of aromatic nitrogens is 4. The zero-order valence-corrected chi connectivity index (χ0v) is 33.2. The zero-order chi connectivity index (χ0) is 35.4. The fourth-order valence-corrected chi connectivity index (χ4v) is 8.29. The molecule has 2 aliphatic heterocycles. The van der Waals surface area contributed by atoms with E-state index in [-0.39, 0.29) is 29.0 Å². The van der Waals surface area contributed by atoms with Gasteiger partial charge in [0.2, 0.25) is 0 Å². The van der Waals surface area contributed by atoms with E-state index in [0.29, 0.717) is 63.5 Å². The summed E-state index contributed by atoms with van der Waals surface area (Å²) in [6, 6.07) is 9.45. The molecule has 0 saturated carbocycles. The van der Waals surface area contributed by atoms with Gasteiger partial charge in [-0.05, 0) is 38.1 Å². The first kappa shape index (κ1) is 41.4. The Kier molecular flexibility index (Phi) is 14.4. The van der Waals surface area contributed by atoms with E-state index in [1.165, 1.54) is 17.0 Å². The summed E-state index contributed by atoms with van der Waals surface area (Å²) < 4.78 is 37.5. The van der Waals surface area contributed by atoms with Crippen LogP contribution in [0.3, 0.4) is 0 Å². The summed E-state index contributed by atoms with van der Waals surface area (Å²) in [5, 5.41) is 12.1. The third-order valence-electron chi connectivity index (χ3n) is 7.79. The lowest BCUT2D eigenvalue weighted by Crippen LogP contribution is -2.52. The highest BCUT2D eigenvalue weighted by Gasteiger charge is 2.28. The second-order valence-electron chi connectivity index (χ2n) is 11.4. The summed E-state index contributed by atoms with van der Waals surface area (Å²) >= 11 is 19.4. The molecule has 0 radical (unpaired) electrons. The molecule has 0 atom stereocenters. The molecule has 21 heteroatoms. The Bertz CT molecular complexity index is 2080. The van der Waals surface area contributed by atoms with E-state index in [2.05, 4.69) is 35.2 Å². The molecule has 5 aromatic rings. The Hall–Kier alpha value is -3.35. The van der Waals surface area contributed by atoms with Gasteiger partial charge in [0.25, 0.3) is 10.0 Å². The minimum atomic E-state index is -3.96. The molecule has 0 spiro atoms. The van der Waals surface area contributed by atoms with Crippen LogP contribution in [0.5, 0.6) is 0 Å². The normalized spacial score (nSPS) is 14.5. The van der Waals surface area contributed by atoms with Gasteiger partial charge in [0.05, 0.1) is 25.8 Å². The van der Waals surface area contributed by atoms with Crippen LogP contribution in [0.1, 0.15) is 11.4 Å². The van der Waals surface area contributed by atoms with Crippen molar-refractivity contribution in [2.24, 2.45) is 0 Å². The SMILES string of the molecule is Cc1cc(-c2cnc(N3CCN(C(=O)NS(=O)(=O)c4ccc(Cl)s4)CC3)c(Cl)c2)on1.Cc1cc(-c2cnc(N3CCNCC3)c(Cl)c2)on1.Cl.Cl. The minimum Gasteiger partial charge on any atom is -0.356 e. The van der Waals surface area contributed by atoms with Crippen molar-refractivity contribution in [3.63, 3.8) is 0 Å². The highest BCUT2D eigenvalue weighted by Crippen LogP contribution is 2.31. The van der Waals surface area contributed by atoms with E-state index in [1.807, 2.05) is 30.9 Å². The summed E-state index contributed by atoms with van der Waals surface area (Å²) in [5.74, 6) is 2.69. The lowest BCUT2D eigenvalue weighted by atomic mass is 10.2. The second kappa shape index (κ2) is 18.1. The number of urea groups is 1.